The van der Waals surface area contributed by atoms with Gasteiger partial charge in [-0.25, -0.2) is 0 Å². The van der Waals surface area contributed by atoms with Crippen molar-refractivity contribution in [1.29, 1.82) is 0 Å². The quantitative estimate of drug-likeness (QED) is 0.529. The molecule has 0 bridgehead atoms. The molecule has 1 aromatic rings. The van der Waals surface area contributed by atoms with Crippen molar-refractivity contribution in [2.24, 2.45) is 5.73 Å². The maximum absolute atomic E-state index is 12.3. The van der Waals surface area contributed by atoms with Crippen LogP contribution in [0.5, 0.6) is 0 Å². The maximum atomic E-state index is 12.3. The molecule has 3 rings (SSSR count). The fourth-order valence-electron chi connectivity index (χ4n) is 4.39. The lowest BCUT2D eigenvalue weighted by atomic mass is 9.83. The molecule has 0 atom stereocenters. The summed E-state index contributed by atoms with van der Waals surface area (Å²) in [6.07, 6.45) is 5.19. The molecule has 0 saturated carbocycles. The Morgan fingerprint density at radius 2 is 1.64 bits per heavy atom. The number of carbonyl (C=O) groups is 2. The number of primary amides is 1. The Kier molecular flexibility index (Phi) is 5.71. The van der Waals surface area contributed by atoms with Crippen molar-refractivity contribution < 1.29 is 19.4 Å². The van der Waals surface area contributed by atoms with Crippen molar-refractivity contribution in [3.63, 3.8) is 0 Å². The molecule has 1 aromatic carbocycles. The van der Waals surface area contributed by atoms with E-state index in [2.05, 4.69) is 5.32 Å². The topological polar surface area (TPSA) is 81.1 Å². The van der Waals surface area contributed by atoms with Crippen LogP contribution in [-0.2, 0) is 9.59 Å². The van der Waals surface area contributed by atoms with Crippen molar-refractivity contribution in [2.75, 3.05) is 38.0 Å². The molecule has 2 heterocycles. The highest BCUT2D eigenvalue weighted by Gasteiger charge is 2.50. The van der Waals surface area contributed by atoms with E-state index in [1.165, 1.54) is 29.1 Å². The van der Waals surface area contributed by atoms with Gasteiger partial charge in [0.2, 0.25) is 0 Å². The highest BCUT2D eigenvalue weighted by atomic mass is 16.2. The lowest BCUT2D eigenvalue weighted by molar-refractivity contribution is -0.972. The molecule has 25 heavy (non-hydrogen) atoms. The molecule has 2 fully saturated rings. The van der Waals surface area contributed by atoms with Crippen LogP contribution in [0.25, 0.3) is 0 Å². The summed E-state index contributed by atoms with van der Waals surface area (Å²) in [7, 11) is 0. The first-order chi connectivity index (χ1) is 12.1. The predicted octanol–water partition coefficient (Wildman–Crippen LogP) is -1.40. The van der Waals surface area contributed by atoms with Crippen LogP contribution < -0.4 is 20.9 Å². The maximum Gasteiger partial charge on any atom is 0.279 e. The summed E-state index contributed by atoms with van der Waals surface area (Å²) in [5, 5.41) is 2.94. The molecule has 5 N–H and O–H groups in total. The van der Waals surface area contributed by atoms with Gasteiger partial charge in [0.15, 0.2) is 12.1 Å². The Balaban J connectivity index is 1.54. The molecule has 0 aliphatic carbocycles. The lowest BCUT2D eigenvalue weighted by Crippen LogP contribution is -3.26. The Morgan fingerprint density at radius 3 is 2.24 bits per heavy atom. The van der Waals surface area contributed by atoms with E-state index in [-0.39, 0.29) is 11.8 Å². The number of likely N-dealkylation sites (tertiary alicyclic amines) is 2. The van der Waals surface area contributed by atoms with Crippen molar-refractivity contribution in [3.05, 3.63) is 30.3 Å². The number of rotatable bonds is 5. The molecule has 2 saturated heterocycles. The summed E-state index contributed by atoms with van der Waals surface area (Å²) in [6.45, 7) is 4.20. The van der Waals surface area contributed by atoms with Crippen LogP contribution in [-0.4, -0.2) is 50.1 Å². The highest BCUT2D eigenvalue weighted by Crippen LogP contribution is 2.14. The van der Waals surface area contributed by atoms with E-state index in [1.54, 1.807) is 0 Å². The van der Waals surface area contributed by atoms with Gasteiger partial charge in [-0.05, 0) is 31.4 Å². The van der Waals surface area contributed by atoms with Gasteiger partial charge in [-0.15, -0.1) is 0 Å². The van der Waals surface area contributed by atoms with Gasteiger partial charge in [-0.2, -0.15) is 0 Å². The van der Waals surface area contributed by atoms with Crippen LogP contribution in [0.2, 0.25) is 0 Å². The lowest BCUT2D eigenvalue weighted by Gasteiger charge is -2.43. The molecular formula is C19H30N4O2+2. The van der Waals surface area contributed by atoms with E-state index in [9.17, 15) is 9.59 Å². The van der Waals surface area contributed by atoms with Crippen molar-refractivity contribution >= 4 is 17.5 Å². The summed E-state index contributed by atoms with van der Waals surface area (Å²) in [4.78, 5) is 27.1. The number of nitrogens with one attached hydrogen (secondary N) is 3. The molecule has 2 aliphatic heterocycles. The van der Waals surface area contributed by atoms with Gasteiger partial charge in [-0.3, -0.25) is 9.59 Å². The number of nitrogens with two attached hydrogens (primary N) is 1. The van der Waals surface area contributed by atoms with Crippen LogP contribution in [0, 0.1) is 0 Å². The standard InChI is InChI=1S/C19H28N4O2/c20-18(25)19(23-11-5-2-6-12-23)9-13-22(14-10-19)15-17(24)21-16-7-3-1-4-8-16/h1,3-4,7-8H,2,5-6,9-15H2,(H2,20,25)(H,21,24)/p+2. The number of hydrogen-bond acceptors (Lipinski definition) is 2. The van der Waals surface area contributed by atoms with Crippen LogP contribution in [0.4, 0.5) is 5.69 Å². The molecule has 6 heteroatoms. The number of para-hydroxylation sites is 1. The molecule has 0 aromatic heterocycles. The zero-order chi connectivity index (χ0) is 17.7. The first-order valence-electron chi connectivity index (χ1n) is 9.44. The molecule has 136 valence electrons. The second-order valence-electron chi connectivity index (χ2n) is 7.45. The average Bonchev–Trinajstić information content (AvgIpc) is 2.64. The number of amides is 2. The second kappa shape index (κ2) is 7.97. The van der Waals surface area contributed by atoms with Crippen LogP contribution >= 0.6 is 0 Å². The number of carbonyl (C=O) groups excluding carboxylic acids is 2. The fraction of sp³-hybridized carbons (Fsp3) is 0.579. The van der Waals surface area contributed by atoms with Gasteiger partial charge in [0, 0.05) is 5.69 Å². The zero-order valence-corrected chi connectivity index (χ0v) is 14.9. The second-order valence-corrected chi connectivity index (χ2v) is 7.45. The summed E-state index contributed by atoms with van der Waals surface area (Å²) in [6, 6.07) is 9.53. The molecule has 0 unspecified atom stereocenters. The minimum atomic E-state index is -0.417. The first kappa shape index (κ1) is 17.9. The monoisotopic (exact) mass is 346 g/mol. The Morgan fingerprint density at radius 1 is 1.00 bits per heavy atom. The van der Waals surface area contributed by atoms with E-state index in [4.69, 9.17) is 5.73 Å². The summed E-state index contributed by atoms with van der Waals surface area (Å²) < 4.78 is 0. The number of hydrogen-bond donors (Lipinski definition) is 4. The Bertz CT molecular complexity index is 591. The van der Waals surface area contributed by atoms with Gasteiger partial charge in [0.25, 0.3) is 11.8 Å². The molecule has 6 nitrogen and oxygen atoms in total. The summed E-state index contributed by atoms with van der Waals surface area (Å²) in [5.41, 5.74) is 6.24. The molecular weight excluding hydrogens is 316 g/mol. The molecule has 0 radical (unpaired) electrons. The van der Waals surface area contributed by atoms with E-state index in [1.807, 2.05) is 30.3 Å². The van der Waals surface area contributed by atoms with Crippen LogP contribution in [0.3, 0.4) is 0 Å². The van der Waals surface area contributed by atoms with Crippen LogP contribution in [0.15, 0.2) is 30.3 Å². The number of quaternary nitrogens is 2. The van der Waals surface area contributed by atoms with Gasteiger partial charge < -0.3 is 20.9 Å². The van der Waals surface area contributed by atoms with Gasteiger partial charge in [-0.1, -0.05) is 18.2 Å². The summed E-state index contributed by atoms with van der Waals surface area (Å²) in [5.74, 6) is -0.129. The SMILES string of the molecule is NC(=O)C1([NH+]2CCCCC2)CC[NH+](CC(=O)Nc2ccccc2)CC1. The largest absolute Gasteiger partial charge is 0.364 e. The van der Waals surface area contributed by atoms with Crippen molar-refractivity contribution in [2.45, 2.75) is 37.6 Å². The van der Waals surface area contributed by atoms with Gasteiger partial charge in [0.1, 0.15) is 0 Å². The number of anilines is 1. The average molecular weight is 346 g/mol. The Hall–Kier alpha value is -1.92. The van der Waals surface area contributed by atoms with Crippen LogP contribution in [0.1, 0.15) is 32.1 Å². The normalized spacial score (nSPS) is 27.6. The van der Waals surface area contributed by atoms with E-state index in [0.29, 0.717) is 6.54 Å². The molecule has 2 amide bonds. The van der Waals surface area contributed by atoms with Gasteiger partial charge in [0.05, 0.1) is 39.0 Å². The third-order valence-electron chi connectivity index (χ3n) is 5.88. The highest BCUT2D eigenvalue weighted by molar-refractivity contribution is 5.91. The molecule has 0 spiro atoms. The third kappa shape index (κ3) is 4.19. The molecule has 2 aliphatic rings. The minimum Gasteiger partial charge on any atom is -0.364 e. The fourth-order valence-corrected chi connectivity index (χ4v) is 4.39. The van der Waals surface area contributed by atoms with Crippen molar-refractivity contribution in [3.8, 4) is 0 Å². The summed E-state index contributed by atoms with van der Waals surface area (Å²) >= 11 is 0. The minimum absolute atomic E-state index is 0.0260. The first-order valence-corrected chi connectivity index (χ1v) is 9.44. The number of benzene rings is 1. The van der Waals surface area contributed by atoms with Gasteiger partial charge >= 0.3 is 0 Å². The van der Waals surface area contributed by atoms with Crippen molar-refractivity contribution in [1.82, 2.24) is 0 Å². The third-order valence-corrected chi connectivity index (χ3v) is 5.88. The predicted molar refractivity (Wildman–Crippen MR) is 96.3 cm³/mol. The van der Waals surface area contributed by atoms with E-state index < -0.39 is 5.54 Å². The Labute approximate surface area is 149 Å². The number of piperidine rings is 2. The van der Waals surface area contributed by atoms with E-state index in [0.717, 1.165) is 44.7 Å². The zero-order valence-electron chi connectivity index (χ0n) is 14.9. The smallest absolute Gasteiger partial charge is 0.279 e. The van der Waals surface area contributed by atoms with E-state index >= 15 is 0 Å².